The first kappa shape index (κ1) is 26.7. The Morgan fingerprint density at radius 1 is 0.974 bits per heavy atom. The average Bonchev–Trinajstić information content (AvgIpc) is 3.30. The molecule has 0 bridgehead atoms. The van der Waals surface area contributed by atoms with Crippen LogP contribution < -0.4 is 16.2 Å². The van der Waals surface area contributed by atoms with Gasteiger partial charge in [-0.15, -0.1) is 0 Å². The van der Waals surface area contributed by atoms with Crippen molar-refractivity contribution < 1.29 is 19.1 Å². The molecule has 10 heteroatoms. The maximum atomic E-state index is 13.5. The summed E-state index contributed by atoms with van der Waals surface area (Å²) in [5, 5.41) is 5.57. The number of ether oxygens (including phenoxy) is 1. The monoisotopic (exact) mass is 532 g/mol. The van der Waals surface area contributed by atoms with Crippen LogP contribution >= 0.6 is 11.3 Å². The van der Waals surface area contributed by atoms with E-state index in [4.69, 9.17) is 4.74 Å². The van der Waals surface area contributed by atoms with E-state index < -0.39 is 23.3 Å². The number of thiazole rings is 1. The Kier molecular flexibility index (Phi) is 8.32. The van der Waals surface area contributed by atoms with Crippen LogP contribution in [0.2, 0.25) is 0 Å². The van der Waals surface area contributed by atoms with E-state index in [-0.39, 0.29) is 15.5 Å². The number of nitrogens with one attached hydrogen (secondary N) is 2. The number of esters is 1. The number of hydrogen-bond donors (Lipinski definition) is 2. The number of anilines is 2. The lowest BCUT2D eigenvalue weighted by atomic mass is 10.2. The Morgan fingerprint density at radius 3 is 2.39 bits per heavy atom. The van der Waals surface area contributed by atoms with Gasteiger partial charge < -0.3 is 15.4 Å². The molecule has 196 valence electrons. The molecule has 0 radical (unpaired) electrons. The number of para-hydroxylation sites is 1. The number of benzene rings is 2. The number of carbonyl (C=O) groups is 3. The summed E-state index contributed by atoms with van der Waals surface area (Å²) < 4.78 is 6.30. The molecule has 9 nitrogen and oxygen atoms in total. The fourth-order valence-electron chi connectivity index (χ4n) is 3.81. The summed E-state index contributed by atoms with van der Waals surface area (Å²) in [4.78, 5) is 56.9. The molecular formula is C28H28N4O5S. The molecule has 0 saturated carbocycles. The maximum Gasteiger partial charge on any atom is 0.338 e. The van der Waals surface area contributed by atoms with E-state index in [1.807, 2.05) is 32.9 Å². The van der Waals surface area contributed by atoms with Crippen molar-refractivity contribution in [1.82, 2.24) is 9.38 Å². The van der Waals surface area contributed by atoms with Gasteiger partial charge in [-0.25, -0.2) is 14.2 Å². The van der Waals surface area contributed by atoms with Gasteiger partial charge in [0.2, 0.25) is 0 Å². The summed E-state index contributed by atoms with van der Waals surface area (Å²) in [6, 6.07) is 14.9. The highest BCUT2D eigenvalue weighted by Crippen LogP contribution is 2.25. The van der Waals surface area contributed by atoms with Crippen LogP contribution in [0.4, 0.5) is 11.4 Å². The van der Waals surface area contributed by atoms with Gasteiger partial charge in [0.15, 0.2) is 4.96 Å². The number of rotatable bonds is 9. The molecule has 2 aromatic heterocycles. The Labute approximate surface area is 223 Å². The van der Waals surface area contributed by atoms with Gasteiger partial charge in [-0.1, -0.05) is 49.8 Å². The summed E-state index contributed by atoms with van der Waals surface area (Å²) in [6.45, 7) is 6.06. The third-order valence-electron chi connectivity index (χ3n) is 5.71. The second kappa shape index (κ2) is 11.8. The normalized spacial score (nSPS) is 10.8. The van der Waals surface area contributed by atoms with Crippen LogP contribution in [0.15, 0.2) is 59.4 Å². The van der Waals surface area contributed by atoms with Gasteiger partial charge in [-0.3, -0.25) is 14.4 Å². The fourth-order valence-corrected chi connectivity index (χ4v) is 4.86. The Bertz CT molecular complexity index is 1560. The van der Waals surface area contributed by atoms with Crippen LogP contribution in [-0.2, 0) is 11.2 Å². The molecule has 0 aliphatic heterocycles. The minimum Gasteiger partial charge on any atom is -0.462 e. The predicted octanol–water partition coefficient (Wildman–Crippen LogP) is 5.09. The van der Waals surface area contributed by atoms with Crippen LogP contribution in [0.3, 0.4) is 0 Å². The topological polar surface area (TPSA) is 119 Å². The number of nitrogens with zero attached hydrogens (tertiary/aromatic N) is 2. The standard InChI is InChI=1S/C28H28N4O5S/c1-4-8-20-16-22(33)32-23(25(34)29-19-13-11-18(12-14-19)27(36)37-15-5-2)24(38-28(32)30-20)26(35)31-21-10-7-6-9-17(21)3/h6-7,9-14,16H,4-5,8,15H2,1-3H3,(H,29,34)(H,31,35). The third kappa shape index (κ3) is 5.81. The SMILES string of the molecule is CCCOC(=O)c1ccc(NC(=O)c2c(C(=O)Nc3ccccc3C)sc3nc(CCC)cc(=O)n23)cc1. The number of aromatic nitrogens is 2. The number of aryl methyl sites for hydroxylation is 2. The molecule has 0 fully saturated rings. The molecule has 0 aliphatic carbocycles. The van der Waals surface area contributed by atoms with E-state index in [2.05, 4.69) is 15.6 Å². The highest BCUT2D eigenvalue weighted by molar-refractivity contribution is 7.19. The quantitative estimate of drug-likeness (QED) is 0.290. The summed E-state index contributed by atoms with van der Waals surface area (Å²) in [5.74, 6) is -1.63. The summed E-state index contributed by atoms with van der Waals surface area (Å²) >= 11 is 0.982. The molecule has 0 saturated heterocycles. The van der Waals surface area contributed by atoms with Gasteiger partial charge in [-0.2, -0.15) is 0 Å². The van der Waals surface area contributed by atoms with Crippen molar-refractivity contribution in [2.45, 2.75) is 40.0 Å². The molecule has 0 atom stereocenters. The van der Waals surface area contributed by atoms with E-state index in [9.17, 15) is 19.2 Å². The van der Waals surface area contributed by atoms with Gasteiger partial charge in [0, 0.05) is 23.1 Å². The third-order valence-corrected chi connectivity index (χ3v) is 6.75. The highest BCUT2D eigenvalue weighted by atomic mass is 32.1. The van der Waals surface area contributed by atoms with Crippen LogP contribution in [-0.4, -0.2) is 33.8 Å². The van der Waals surface area contributed by atoms with Crippen LogP contribution in [0, 0.1) is 6.92 Å². The summed E-state index contributed by atoms with van der Waals surface area (Å²) in [6.07, 6.45) is 2.11. The fraction of sp³-hybridized carbons (Fsp3) is 0.250. The number of carbonyl (C=O) groups excluding carboxylic acids is 3. The molecule has 2 amide bonds. The second-order valence-corrected chi connectivity index (χ2v) is 9.65. The van der Waals surface area contributed by atoms with Crippen molar-refractivity contribution in [3.8, 4) is 0 Å². The molecule has 2 aromatic carbocycles. The molecule has 2 heterocycles. The van der Waals surface area contributed by atoms with E-state index >= 15 is 0 Å². The number of fused-ring (bicyclic) bond motifs is 1. The smallest absolute Gasteiger partial charge is 0.338 e. The molecule has 4 aromatic rings. The molecular weight excluding hydrogens is 504 g/mol. The van der Waals surface area contributed by atoms with Gasteiger partial charge >= 0.3 is 5.97 Å². The van der Waals surface area contributed by atoms with Crippen LogP contribution in [0.1, 0.15) is 68.5 Å². The maximum absolute atomic E-state index is 13.5. The zero-order chi connectivity index (χ0) is 27.2. The first-order valence-electron chi connectivity index (χ1n) is 12.3. The second-order valence-electron chi connectivity index (χ2n) is 8.67. The van der Waals surface area contributed by atoms with Gasteiger partial charge in [0.1, 0.15) is 10.6 Å². The van der Waals surface area contributed by atoms with Gasteiger partial charge in [0.05, 0.1) is 12.2 Å². The molecule has 4 rings (SSSR count). The van der Waals surface area contributed by atoms with Crippen LogP contribution in [0.25, 0.3) is 4.96 Å². The molecule has 0 unspecified atom stereocenters. The molecule has 0 spiro atoms. The van der Waals surface area contributed by atoms with E-state index in [1.54, 1.807) is 24.3 Å². The van der Waals surface area contributed by atoms with E-state index in [0.717, 1.165) is 23.3 Å². The number of amides is 2. The van der Waals surface area contributed by atoms with Crippen molar-refractivity contribution >= 4 is 45.5 Å². The van der Waals surface area contributed by atoms with Gasteiger partial charge in [-0.05, 0) is 55.7 Å². The first-order chi connectivity index (χ1) is 18.3. The molecule has 38 heavy (non-hydrogen) atoms. The highest BCUT2D eigenvalue weighted by Gasteiger charge is 2.27. The average molecular weight is 533 g/mol. The minimum atomic E-state index is -0.653. The van der Waals surface area contributed by atoms with E-state index in [1.165, 1.54) is 22.6 Å². The van der Waals surface area contributed by atoms with E-state index in [0.29, 0.717) is 42.1 Å². The van der Waals surface area contributed by atoms with Crippen molar-refractivity contribution in [1.29, 1.82) is 0 Å². The first-order valence-corrected chi connectivity index (χ1v) is 13.1. The van der Waals surface area contributed by atoms with Crippen molar-refractivity contribution in [2.24, 2.45) is 0 Å². The molecule has 0 aliphatic rings. The Morgan fingerprint density at radius 2 is 1.71 bits per heavy atom. The summed E-state index contributed by atoms with van der Waals surface area (Å²) in [7, 11) is 0. The lowest BCUT2D eigenvalue weighted by molar-refractivity contribution is 0.0505. The summed E-state index contributed by atoms with van der Waals surface area (Å²) in [5.41, 5.74) is 2.23. The van der Waals surface area contributed by atoms with Crippen molar-refractivity contribution in [3.63, 3.8) is 0 Å². The van der Waals surface area contributed by atoms with Crippen LogP contribution in [0.5, 0.6) is 0 Å². The minimum absolute atomic E-state index is 0.0590. The predicted molar refractivity (Wildman–Crippen MR) is 147 cm³/mol. The number of hydrogen-bond acceptors (Lipinski definition) is 7. The van der Waals surface area contributed by atoms with Crippen molar-refractivity contribution in [2.75, 3.05) is 17.2 Å². The Hall–Kier alpha value is -4.31. The Balaban J connectivity index is 1.71. The van der Waals surface area contributed by atoms with Gasteiger partial charge in [0.25, 0.3) is 17.4 Å². The zero-order valence-corrected chi connectivity index (χ0v) is 22.2. The largest absolute Gasteiger partial charge is 0.462 e. The molecule has 2 N–H and O–H groups in total. The zero-order valence-electron chi connectivity index (χ0n) is 21.4. The lowest BCUT2D eigenvalue weighted by Crippen LogP contribution is -2.25. The van der Waals surface area contributed by atoms with Crippen molar-refractivity contribution in [3.05, 3.63) is 92.3 Å². The lowest BCUT2D eigenvalue weighted by Gasteiger charge is -2.10.